The molecule has 4 rings (SSSR count). The van der Waals surface area contributed by atoms with Crippen LogP contribution in [-0.2, 0) is 0 Å². The van der Waals surface area contributed by atoms with Gasteiger partial charge in [-0.1, -0.05) is 0 Å². The number of nitrogens with zero attached hydrogens (tertiary/aromatic N) is 6. The third-order valence-corrected chi connectivity index (χ3v) is 4.78. The first kappa shape index (κ1) is 14.1. The van der Waals surface area contributed by atoms with Crippen molar-refractivity contribution in [3.63, 3.8) is 0 Å². The van der Waals surface area contributed by atoms with E-state index in [9.17, 15) is 4.79 Å². The molecular formula is C14H15N7OS. The normalized spacial score (nSPS) is 15.3. The number of hydrogen-bond donors (Lipinski definition) is 1. The second-order valence-corrected chi connectivity index (χ2v) is 6.26. The van der Waals surface area contributed by atoms with Crippen LogP contribution in [0.25, 0.3) is 10.2 Å². The van der Waals surface area contributed by atoms with Gasteiger partial charge in [-0.2, -0.15) is 5.10 Å². The summed E-state index contributed by atoms with van der Waals surface area (Å²) < 4.78 is 1.10. The Kier molecular flexibility index (Phi) is 3.41. The molecule has 8 nitrogen and oxygen atoms in total. The number of hydrogen-bond acceptors (Lipinski definition) is 7. The number of carbonyl (C=O) groups is 1. The van der Waals surface area contributed by atoms with Crippen LogP contribution < -0.4 is 4.90 Å². The van der Waals surface area contributed by atoms with Crippen molar-refractivity contribution < 1.29 is 4.79 Å². The zero-order valence-corrected chi connectivity index (χ0v) is 13.4. The van der Waals surface area contributed by atoms with E-state index in [0.29, 0.717) is 13.1 Å². The number of fused-ring (bicyclic) bond motifs is 1. The standard InChI is InChI=1S/C14H15N7OS/c1-9-17-10-2-7-23-11(10)13(18-9)20-3-5-21(6-4-20)14(22)12-15-8-16-19-12/h2,7-8H,3-6H2,1H3,(H,15,16,19). The number of carbonyl (C=O) groups excluding carboxylic acids is 1. The molecule has 0 spiro atoms. The Labute approximate surface area is 136 Å². The van der Waals surface area contributed by atoms with Crippen molar-refractivity contribution in [2.75, 3.05) is 31.1 Å². The summed E-state index contributed by atoms with van der Waals surface area (Å²) in [6.07, 6.45) is 1.35. The van der Waals surface area contributed by atoms with E-state index in [0.717, 1.165) is 34.9 Å². The van der Waals surface area contributed by atoms with Crippen LogP contribution in [0.4, 0.5) is 5.82 Å². The highest BCUT2D eigenvalue weighted by atomic mass is 32.1. The van der Waals surface area contributed by atoms with Gasteiger partial charge in [-0.15, -0.1) is 11.3 Å². The van der Waals surface area contributed by atoms with Gasteiger partial charge in [0.05, 0.1) is 10.2 Å². The van der Waals surface area contributed by atoms with Crippen molar-refractivity contribution >= 4 is 33.3 Å². The van der Waals surface area contributed by atoms with Gasteiger partial charge in [-0.05, 0) is 18.4 Å². The number of piperazine rings is 1. The summed E-state index contributed by atoms with van der Waals surface area (Å²) in [6, 6.07) is 2.02. The molecule has 0 unspecified atom stereocenters. The number of aryl methyl sites for hydroxylation is 1. The van der Waals surface area contributed by atoms with Crippen molar-refractivity contribution in [3.05, 3.63) is 29.4 Å². The zero-order chi connectivity index (χ0) is 15.8. The van der Waals surface area contributed by atoms with Crippen molar-refractivity contribution in [2.45, 2.75) is 6.92 Å². The van der Waals surface area contributed by atoms with Gasteiger partial charge in [0.25, 0.3) is 5.91 Å². The lowest BCUT2D eigenvalue weighted by molar-refractivity contribution is 0.0735. The molecule has 1 fully saturated rings. The first-order valence-corrected chi connectivity index (χ1v) is 8.22. The molecular weight excluding hydrogens is 314 g/mol. The Hall–Kier alpha value is -2.55. The fourth-order valence-electron chi connectivity index (χ4n) is 2.76. The number of aromatic nitrogens is 5. The van der Waals surface area contributed by atoms with Crippen LogP contribution in [0.15, 0.2) is 17.8 Å². The van der Waals surface area contributed by atoms with E-state index in [4.69, 9.17) is 0 Å². The molecule has 9 heteroatoms. The molecule has 1 aliphatic heterocycles. The highest BCUT2D eigenvalue weighted by Gasteiger charge is 2.25. The highest BCUT2D eigenvalue weighted by molar-refractivity contribution is 7.17. The molecule has 1 aliphatic rings. The van der Waals surface area contributed by atoms with Gasteiger partial charge < -0.3 is 9.80 Å². The Morgan fingerprint density at radius 3 is 2.83 bits per heavy atom. The molecule has 0 bridgehead atoms. The highest BCUT2D eigenvalue weighted by Crippen LogP contribution is 2.29. The quantitative estimate of drug-likeness (QED) is 0.756. The van der Waals surface area contributed by atoms with Crippen molar-refractivity contribution in [1.29, 1.82) is 0 Å². The Balaban J connectivity index is 1.53. The molecule has 1 saturated heterocycles. The number of aromatic amines is 1. The van der Waals surface area contributed by atoms with E-state index in [1.807, 2.05) is 18.4 Å². The van der Waals surface area contributed by atoms with Crippen LogP contribution in [0.3, 0.4) is 0 Å². The van der Waals surface area contributed by atoms with Gasteiger partial charge in [0.15, 0.2) is 0 Å². The minimum absolute atomic E-state index is 0.109. The largest absolute Gasteiger partial charge is 0.352 e. The molecule has 0 radical (unpaired) electrons. The van der Waals surface area contributed by atoms with E-state index >= 15 is 0 Å². The summed E-state index contributed by atoms with van der Waals surface area (Å²) in [5, 5.41) is 8.38. The van der Waals surface area contributed by atoms with Gasteiger partial charge in [-0.25, -0.2) is 15.0 Å². The van der Waals surface area contributed by atoms with Crippen LogP contribution >= 0.6 is 11.3 Å². The number of nitrogens with one attached hydrogen (secondary N) is 1. The van der Waals surface area contributed by atoms with Crippen LogP contribution in [-0.4, -0.2) is 62.1 Å². The second kappa shape index (κ2) is 5.58. The predicted molar refractivity (Wildman–Crippen MR) is 86.7 cm³/mol. The Morgan fingerprint density at radius 2 is 2.09 bits per heavy atom. The average Bonchev–Trinajstić information content (AvgIpc) is 3.25. The lowest BCUT2D eigenvalue weighted by Crippen LogP contribution is -2.49. The molecule has 3 aromatic heterocycles. The summed E-state index contributed by atoms with van der Waals surface area (Å²) in [6.45, 7) is 4.65. The number of amides is 1. The maximum atomic E-state index is 12.3. The van der Waals surface area contributed by atoms with Gasteiger partial charge in [0, 0.05) is 26.2 Å². The molecule has 3 aromatic rings. The van der Waals surface area contributed by atoms with Gasteiger partial charge in [0.2, 0.25) is 5.82 Å². The molecule has 0 saturated carbocycles. The molecule has 1 amide bonds. The summed E-state index contributed by atoms with van der Waals surface area (Å²) in [5.74, 6) is 1.92. The maximum Gasteiger partial charge on any atom is 0.291 e. The number of H-pyrrole nitrogens is 1. The molecule has 4 heterocycles. The van der Waals surface area contributed by atoms with E-state index in [1.165, 1.54) is 6.33 Å². The molecule has 0 aromatic carbocycles. The smallest absolute Gasteiger partial charge is 0.291 e. The van der Waals surface area contributed by atoms with Gasteiger partial charge in [-0.3, -0.25) is 9.89 Å². The zero-order valence-electron chi connectivity index (χ0n) is 12.6. The Bertz CT molecular complexity index is 836. The van der Waals surface area contributed by atoms with Gasteiger partial charge in [0.1, 0.15) is 18.0 Å². The third kappa shape index (κ3) is 2.52. The van der Waals surface area contributed by atoms with Gasteiger partial charge >= 0.3 is 0 Å². The fraction of sp³-hybridized carbons (Fsp3) is 0.357. The van der Waals surface area contributed by atoms with E-state index in [-0.39, 0.29) is 11.7 Å². The van der Waals surface area contributed by atoms with E-state index < -0.39 is 0 Å². The molecule has 0 aliphatic carbocycles. The summed E-state index contributed by atoms with van der Waals surface area (Å²) >= 11 is 1.65. The SMILES string of the molecule is Cc1nc(N2CCN(C(=O)c3ncn[nH]3)CC2)c2sccc2n1. The van der Waals surface area contributed by atoms with Crippen molar-refractivity contribution in [3.8, 4) is 0 Å². The number of rotatable bonds is 2. The average molecular weight is 329 g/mol. The van der Waals surface area contributed by atoms with E-state index in [1.54, 1.807) is 16.2 Å². The fourth-order valence-corrected chi connectivity index (χ4v) is 3.60. The lowest BCUT2D eigenvalue weighted by Gasteiger charge is -2.35. The minimum Gasteiger partial charge on any atom is -0.352 e. The van der Waals surface area contributed by atoms with Crippen LogP contribution in [0.2, 0.25) is 0 Å². The third-order valence-electron chi connectivity index (χ3n) is 3.88. The maximum absolute atomic E-state index is 12.3. The molecule has 118 valence electrons. The lowest BCUT2D eigenvalue weighted by atomic mass is 10.3. The topological polar surface area (TPSA) is 90.9 Å². The predicted octanol–water partition coefficient (Wildman–Crippen LogP) is 1.08. The molecule has 0 atom stereocenters. The Morgan fingerprint density at radius 1 is 1.26 bits per heavy atom. The van der Waals surface area contributed by atoms with Crippen LogP contribution in [0.5, 0.6) is 0 Å². The second-order valence-electron chi connectivity index (χ2n) is 5.34. The first-order valence-electron chi connectivity index (χ1n) is 7.34. The van der Waals surface area contributed by atoms with E-state index in [2.05, 4.69) is 30.0 Å². The molecule has 1 N–H and O–H groups in total. The minimum atomic E-state index is -0.109. The summed E-state index contributed by atoms with van der Waals surface area (Å²) in [5.41, 5.74) is 0.984. The summed E-state index contributed by atoms with van der Waals surface area (Å²) in [7, 11) is 0. The number of anilines is 1. The monoisotopic (exact) mass is 329 g/mol. The van der Waals surface area contributed by atoms with Crippen LogP contribution in [0, 0.1) is 6.92 Å². The van der Waals surface area contributed by atoms with Crippen molar-refractivity contribution in [1.82, 2.24) is 30.0 Å². The van der Waals surface area contributed by atoms with Crippen molar-refractivity contribution in [2.24, 2.45) is 0 Å². The number of thiophene rings is 1. The molecule has 23 heavy (non-hydrogen) atoms. The first-order chi connectivity index (χ1) is 11.2. The van der Waals surface area contributed by atoms with Crippen LogP contribution in [0.1, 0.15) is 16.4 Å². The summed E-state index contributed by atoms with van der Waals surface area (Å²) in [4.78, 5) is 29.3.